The lowest BCUT2D eigenvalue weighted by Crippen LogP contribution is -2.39. The molecular formula is C22H31N5O3. The van der Waals surface area contributed by atoms with Gasteiger partial charge in [0, 0.05) is 18.8 Å². The fraction of sp³-hybridized carbons (Fsp3) is 0.545. The highest BCUT2D eigenvalue weighted by atomic mass is 16.3. The first kappa shape index (κ1) is 22.0. The number of nitrogens with one attached hydrogen (secondary N) is 2. The zero-order chi connectivity index (χ0) is 21.7. The molecule has 0 spiro atoms. The number of nitrogens with zero attached hydrogens (tertiary/aromatic N) is 3. The lowest BCUT2D eigenvalue weighted by molar-refractivity contribution is 0.0911. The molecule has 1 aliphatic rings. The average molecular weight is 414 g/mol. The molecule has 0 aromatic carbocycles. The van der Waals surface area contributed by atoms with Crippen molar-refractivity contribution in [3.8, 4) is 17.3 Å². The van der Waals surface area contributed by atoms with Crippen LogP contribution in [0.4, 0.5) is 0 Å². The van der Waals surface area contributed by atoms with Gasteiger partial charge < -0.3 is 20.3 Å². The van der Waals surface area contributed by atoms with Crippen molar-refractivity contribution in [1.29, 1.82) is 0 Å². The number of likely N-dealkylation sites (N-methyl/N-ethyl adjacent to an activating group) is 1. The molecule has 162 valence electrons. The number of aromatic hydroxyl groups is 1. The lowest BCUT2D eigenvalue weighted by atomic mass is 9.84. The van der Waals surface area contributed by atoms with Crippen LogP contribution in [-0.2, 0) is 6.42 Å². The molecule has 1 saturated carbocycles. The number of aromatic amines is 1. The van der Waals surface area contributed by atoms with Gasteiger partial charge in [-0.1, -0.05) is 19.3 Å². The van der Waals surface area contributed by atoms with E-state index in [0.717, 1.165) is 31.4 Å². The molecule has 0 radical (unpaired) electrons. The van der Waals surface area contributed by atoms with Gasteiger partial charge in [0.05, 0.1) is 0 Å². The number of pyridine rings is 1. The second-order valence-corrected chi connectivity index (χ2v) is 8.37. The average Bonchev–Trinajstić information content (AvgIpc) is 2.74. The Hall–Kier alpha value is -2.74. The highest BCUT2D eigenvalue weighted by molar-refractivity contribution is 5.95. The lowest BCUT2D eigenvalue weighted by Gasteiger charge is -2.28. The Balaban J connectivity index is 1.82. The van der Waals surface area contributed by atoms with Crippen LogP contribution in [0.5, 0.6) is 5.75 Å². The first-order valence-electron chi connectivity index (χ1n) is 10.6. The Morgan fingerprint density at radius 1 is 1.33 bits per heavy atom. The molecule has 0 saturated heterocycles. The second-order valence-electron chi connectivity index (χ2n) is 8.37. The predicted molar refractivity (Wildman–Crippen MR) is 116 cm³/mol. The smallest absolute Gasteiger partial charge is 0.294 e. The molecule has 1 atom stereocenters. The Labute approximate surface area is 176 Å². The standard InChI is InChI=1S/C22H31N5O3/c1-14(16-7-5-4-6-8-16)24-21(29)18-19(28)22(30)26-20(25-18)17-13-15(9-11-23-17)10-12-27(2)3/h9,11,13-14,16,28H,4-8,10,12H2,1-3H3,(H,24,29)(H,25,26,30). The number of H-pyrrole nitrogens is 1. The summed E-state index contributed by atoms with van der Waals surface area (Å²) < 4.78 is 0. The van der Waals surface area contributed by atoms with E-state index in [9.17, 15) is 14.7 Å². The summed E-state index contributed by atoms with van der Waals surface area (Å²) in [6.45, 7) is 2.84. The first-order chi connectivity index (χ1) is 14.3. The summed E-state index contributed by atoms with van der Waals surface area (Å²) in [5.41, 5.74) is 0.479. The monoisotopic (exact) mass is 413 g/mol. The summed E-state index contributed by atoms with van der Waals surface area (Å²) in [4.78, 5) is 38.2. The summed E-state index contributed by atoms with van der Waals surface area (Å²) in [5, 5.41) is 13.1. The van der Waals surface area contributed by atoms with Crippen molar-refractivity contribution in [2.75, 3.05) is 20.6 Å². The van der Waals surface area contributed by atoms with Crippen LogP contribution in [0.15, 0.2) is 23.1 Å². The highest BCUT2D eigenvalue weighted by Crippen LogP contribution is 2.26. The zero-order valence-corrected chi connectivity index (χ0v) is 17.9. The number of hydrogen-bond donors (Lipinski definition) is 3. The summed E-state index contributed by atoms with van der Waals surface area (Å²) in [5.74, 6) is -0.640. The van der Waals surface area contributed by atoms with Crippen LogP contribution in [0.25, 0.3) is 11.5 Å². The Morgan fingerprint density at radius 2 is 2.07 bits per heavy atom. The minimum atomic E-state index is -0.754. The molecular weight excluding hydrogens is 382 g/mol. The molecule has 1 amide bonds. The number of amides is 1. The largest absolute Gasteiger partial charge is 0.501 e. The number of carbonyl (C=O) groups is 1. The van der Waals surface area contributed by atoms with E-state index in [2.05, 4.69) is 25.2 Å². The first-order valence-corrected chi connectivity index (χ1v) is 10.6. The molecule has 8 heteroatoms. The summed E-state index contributed by atoms with van der Waals surface area (Å²) in [6.07, 6.45) is 8.18. The topological polar surface area (TPSA) is 111 Å². The van der Waals surface area contributed by atoms with Gasteiger partial charge in [-0.15, -0.1) is 0 Å². The number of hydrogen-bond acceptors (Lipinski definition) is 6. The predicted octanol–water partition coefficient (Wildman–Crippen LogP) is 2.34. The molecule has 1 aliphatic carbocycles. The van der Waals surface area contributed by atoms with Gasteiger partial charge in [0.1, 0.15) is 5.69 Å². The minimum absolute atomic E-state index is 0.0470. The molecule has 3 rings (SSSR count). The minimum Gasteiger partial charge on any atom is -0.501 e. The van der Waals surface area contributed by atoms with Gasteiger partial charge in [0.2, 0.25) is 5.75 Å². The second kappa shape index (κ2) is 9.84. The summed E-state index contributed by atoms with van der Waals surface area (Å²) in [6, 6.07) is 3.70. The zero-order valence-electron chi connectivity index (χ0n) is 17.9. The van der Waals surface area contributed by atoms with E-state index in [1.54, 1.807) is 6.20 Å². The molecule has 0 aliphatic heterocycles. The van der Waals surface area contributed by atoms with Crippen molar-refractivity contribution in [3.05, 3.63) is 39.9 Å². The van der Waals surface area contributed by atoms with Gasteiger partial charge in [-0.3, -0.25) is 14.6 Å². The molecule has 2 heterocycles. The number of carbonyl (C=O) groups excluding carboxylic acids is 1. The fourth-order valence-corrected chi connectivity index (χ4v) is 3.89. The Kier molecular flexibility index (Phi) is 7.20. The van der Waals surface area contributed by atoms with Gasteiger partial charge >= 0.3 is 0 Å². The molecule has 1 unspecified atom stereocenters. The third kappa shape index (κ3) is 5.44. The van der Waals surface area contributed by atoms with Crippen LogP contribution in [0, 0.1) is 5.92 Å². The molecule has 3 N–H and O–H groups in total. The molecule has 0 bridgehead atoms. The van der Waals surface area contributed by atoms with Crippen LogP contribution < -0.4 is 10.9 Å². The quantitative estimate of drug-likeness (QED) is 0.642. The SMILES string of the molecule is CC(NC(=O)c1nc(-c2cc(CCN(C)C)ccn2)[nH]c(=O)c1O)C1CCCCC1. The van der Waals surface area contributed by atoms with Crippen LogP contribution >= 0.6 is 0 Å². The van der Waals surface area contributed by atoms with E-state index >= 15 is 0 Å². The number of rotatable bonds is 7. The molecule has 2 aromatic heterocycles. The molecule has 8 nitrogen and oxygen atoms in total. The van der Waals surface area contributed by atoms with Crippen molar-refractivity contribution >= 4 is 5.91 Å². The maximum Gasteiger partial charge on any atom is 0.294 e. The van der Waals surface area contributed by atoms with Crippen molar-refractivity contribution in [2.45, 2.75) is 51.5 Å². The van der Waals surface area contributed by atoms with Crippen LogP contribution in [0.2, 0.25) is 0 Å². The van der Waals surface area contributed by atoms with E-state index in [1.807, 2.05) is 33.2 Å². The molecule has 30 heavy (non-hydrogen) atoms. The van der Waals surface area contributed by atoms with Crippen molar-refractivity contribution in [3.63, 3.8) is 0 Å². The van der Waals surface area contributed by atoms with Gasteiger partial charge in [0.15, 0.2) is 11.5 Å². The van der Waals surface area contributed by atoms with Gasteiger partial charge in [-0.25, -0.2) is 4.98 Å². The highest BCUT2D eigenvalue weighted by Gasteiger charge is 2.25. The third-order valence-corrected chi connectivity index (χ3v) is 5.74. The van der Waals surface area contributed by atoms with Crippen molar-refractivity contribution in [2.24, 2.45) is 5.92 Å². The van der Waals surface area contributed by atoms with E-state index < -0.39 is 17.2 Å². The van der Waals surface area contributed by atoms with Crippen LogP contribution in [0.1, 0.15) is 55.1 Å². The van der Waals surface area contributed by atoms with Gasteiger partial charge in [-0.05, 0) is 63.9 Å². The molecule has 1 fully saturated rings. The summed E-state index contributed by atoms with van der Waals surface area (Å²) >= 11 is 0. The maximum absolute atomic E-state index is 12.8. The van der Waals surface area contributed by atoms with Gasteiger partial charge in [-0.2, -0.15) is 0 Å². The van der Waals surface area contributed by atoms with Crippen molar-refractivity contribution in [1.82, 2.24) is 25.2 Å². The van der Waals surface area contributed by atoms with Crippen LogP contribution in [0.3, 0.4) is 0 Å². The van der Waals surface area contributed by atoms with Gasteiger partial charge in [0.25, 0.3) is 11.5 Å². The summed E-state index contributed by atoms with van der Waals surface area (Å²) in [7, 11) is 4.00. The normalized spacial score (nSPS) is 15.9. The third-order valence-electron chi connectivity index (χ3n) is 5.74. The fourth-order valence-electron chi connectivity index (χ4n) is 3.89. The van der Waals surface area contributed by atoms with Crippen LogP contribution in [-0.4, -0.2) is 57.5 Å². The maximum atomic E-state index is 12.8. The van der Waals surface area contributed by atoms with E-state index in [-0.39, 0.29) is 17.6 Å². The van der Waals surface area contributed by atoms with E-state index in [0.29, 0.717) is 11.6 Å². The number of aromatic nitrogens is 3. The van der Waals surface area contributed by atoms with E-state index in [4.69, 9.17) is 0 Å². The Morgan fingerprint density at radius 3 is 2.77 bits per heavy atom. The Bertz CT molecular complexity index is 935. The van der Waals surface area contributed by atoms with E-state index in [1.165, 1.54) is 19.3 Å². The molecule has 2 aromatic rings. The van der Waals surface area contributed by atoms with Crippen molar-refractivity contribution < 1.29 is 9.90 Å².